The molecule has 142 valence electrons. The Kier molecular flexibility index (Phi) is 5.11. The standard InChI is InChI=1S/C19H22ClN5O2/c20-13-6-8-14-12(10-13)5-7-15(18(26)21-14)22-19(27)17-23-16(24-25-17)9-11-3-1-2-4-11/h6,8,10-11,15H,1-5,7,9H2,(H,21,26)(H,22,27)(H,23,24,25)/t15-/m0/s1. The summed E-state index contributed by atoms with van der Waals surface area (Å²) in [7, 11) is 0. The maximum absolute atomic E-state index is 12.5. The first-order valence-corrected chi connectivity index (χ1v) is 9.78. The van der Waals surface area contributed by atoms with Gasteiger partial charge in [-0.15, -0.1) is 10.2 Å². The highest BCUT2D eigenvalue weighted by molar-refractivity contribution is 6.30. The number of rotatable bonds is 4. The Morgan fingerprint density at radius 3 is 2.85 bits per heavy atom. The predicted molar refractivity (Wildman–Crippen MR) is 102 cm³/mol. The van der Waals surface area contributed by atoms with Gasteiger partial charge in [0.1, 0.15) is 11.9 Å². The topological polar surface area (TPSA) is 99.8 Å². The number of carbonyl (C=O) groups is 2. The number of H-pyrrole nitrogens is 1. The molecule has 1 fully saturated rings. The molecule has 1 aromatic heterocycles. The summed E-state index contributed by atoms with van der Waals surface area (Å²) in [6.45, 7) is 0. The zero-order valence-electron chi connectivity index (χ0n) is 14.9. The molecule has 27 heavy (non-hydrogen) atoms. The van der Waals surface area contributed by atoms with E-state index in [1.807, 2.05) is 6.07 Å². The van der Waals surface area contributed by atoms with E-state index in [9.17, 15) is 9.59 Å². The Morgan fingerprint density at radius 2 is 2.04 bits per heavy atom. The first-order chi connectivity index (χ1) is 13.1. The highest BCUT2D eigenvalue weighted by Gasteiger charge is 2.27. The summed E-state index contributed by atoms with van der Waals surface area (Å²) in [6, 6.07) is 4.73. The number of anilines is 1. The Bertz CT molecular complexity index is 860. The molecule has 0 spiro atoms. The molecule has 2 aliphatic rings. The maximum Gasteiger partial charge on any atom is 0.289 e. The van der Waals surface area contributed by atoms with Crippen LogP contribution in [-0.2, 0) is 17.6 Å². The number of amides is 2. The summed E-state index contributed by atoms with van der Waals surface area (Å²) in [5.74, 6) is 0.853. The fourth-order valence-corrected chi connectivity index (χ4v) is 4.08. The zero-order chi connectivity index (χ0) is 18.8. The van der Waals surface area contributed by atoms with Crippen molar-refractivity contribution in [1.29, 1.82) is 0 Å². The van der Waals surface area contributed by atoms with Crippen LogP contribution < -0.4 is 10.6 Å². The number of carbonyl (C=O) groups excluding carboxylic acids is 2. The molecule has 3 N–H and O–H groups in total. The number of aromatic nitrogens is 3. The number of halogens is 1. The first kappa shape index (κ1) is 18.0. The van der Waals surface area contributed by atoms with Crippen molar-refractivity contribution >= 4 is 29.1 Å². The lowest BCUT2D eigenvalue weighted by molar-refractivity contribution is -0.118. The van der Waals surface area contributed by atoms with E-state index < -0.39 is 11.9 Å². The third-order valence-corrected chi connectivity index (χ3v) is 5.59. The molecule has 1 saturated carbocycles. The minimum Gasteiger partial charge on any atom is -0.337 e. The third kappa shape index (κ3) is 4.13. The van der Waals surface area contributed by atoms with Gasteiger partial charge in [-0.1, -0.05) is 37.3 Å². The number of hydrogen-bond acceptors (Lipinski definition) is 4. The lowest BCUT2D eigenvalue weighted by Crippen LogP contribution is -2.43. The number of benzene rings is 1. The molecule has 4 rings (SSSR count). The van der Waals surface area contributed by atoms with Crippen molar-refractivity contribution in [1.82, 2.24) is 20.5 Å². The van der Waals surface area contributed by atoms with Crippen molar-refractivity contribution in [2.45, 2.75) is 51.0 Å². The van der Waals surface area contributed by atoms with Gasteiger partial charge < -0.3 is 15.6 Å². The van der Waals surface area contributed by atoms with Crippen LogP contribution in [0, 0.1) is 5.92 Å². The number of hydrogen-bond donors (Lipinski definition) is 3. The van der Waals surface area contributed by atoms with Crippen molar-refractivity contribution in [3.63, 3.8) is 0 Å². The fraction of sp³-hybridized carbons (Fsp3) is 0.474. The summed E-state index contributed by atoms with van der Waals surface area (Å²) >= 11 is 6.03. The molecule has 0 radical (unpaired) electrons. The Balaban J connectivity index is 1.39. The first-order valence-electron chi connectivity index (χ1n) is 9.40. The van der Waals surface area contributed by atoms with Gasteiger partial charge in [-0.2, -0.15) is 0 Å². The van der Waals surface area contributed by atoms with Crippen LogP contribution in [0.4, 0.5) is 5.69 Å². The number of aromatic amines is 1. The highest BCUT2D eigenvalue weighted by Crippen LogP contribution is 2.27. The summed E-state index contributed by atoms with van der Waals surface area (Å²) in [5, 5.41) is 14.3. The second kappa shape index (κ2) is 7.68. The van der Waals surface area contributed by atoms with Crippen LogP contribution in [0.15, 0.2) is 18.2 Å². The molecular formula is C19H22ClN5O2. The molecule has 1 aromatic carbocycles. The third-order valence-electron chi connectivity index (χ3n) is 5.35. The van der Waals surface area contributed by atoms with Crippen molar-refractivity contribution < 1.29 is 9.59 Å². The van der Waals surface area contributed by atoms with Crippen molar-refractivity contribution in [2.24, 2.45) is 5.92 Å². The Morgan fingerprint density at radius 1 is 1.22 bits per heavy atom. The average molecular weight is 388 g/mol. The van der Waals surface area contributed by atoms with Gasteiger partial charge in [-0.3, -0.25) is 9.59 Å². The smallest absolute Gasteiger partial charge is 0.289 e. The van der Waals surface area contributed by atoms with Gasteiger partial charge in [-0.05, 0) is 42.5 Å². The van der Waals surface area contributed by atoms with Gasteiger partial charge in [0, 0.05) is 17.1 Å². The minimum absolute atomic E-state index is 0.153. The van der Waals surface area contributed by atoms with Gasteiger partial charge in [0.05, 0.1) is 0 Å². The van der Waals surface area contributed by atoms with Gasteiger partial charge in [-0.25, -0.2) is 0 Å². The highest BCUT2D eigenvalue weighted by atomic mass is 35.5. The largest absolute Gasteiger partial charge is 0.337 e. The summed E-state index contributed by atoms with van der Waals surface area (Å²) in [6.07, 6.45) is 6.88. The molecule has 0 unspecified atom stereocenters. The number of nitrogens with zero attached hydrogens (tertiary/aromatic N) is 2. The summed E-state index contributed by atoms with van der Waals surface area (Å²) < 4.78 is 0. The second-order valence-electron chi connectivity index (χ2n) is 7.33. The van der Waals surface area contributed by atoms with Crippen LogP contribution in [0.2, 0.25) is 5.02 Å². The average Bonchev–Trinajstić information content (AvgIpc) is 3.30. The van der Waals surface area contributed by atoms with E-state index in [1.54, 1.807) is 12.1 Å². The Hall–Kier alpha value is -2.41. The molecule has 2 heterocycles. The van der Waals surface area contributed by atoms with E-state index in [4.69, 9.17) is 11.6 Å². The lowest BCUT2D eigenvalue weighted by atomic mass is 10.0. The van der Waals surface area contributed by atoms with Crippen LogP contribution in [0.5, 0.6) is 0 Å². The minimum atomic E-state index is -0.632. The SMILES string of the molecule is O=C(N[C@H]1CCc2cc(Cl)ccc2NC1=O)c1nnc(CC2CCCC2)[nH]1. The molecule has 7 nitrogen and oxygen atoms in total. The Labute approximate surface area is 162 Å². The van der Waals surface area contributed by atoms with Crippen LogP contribution in [-0.4, -0.2) is 33.0 Å². The van der Waals surface area contributed by atoms with E-state index in [0.717, 1.165) is 23.5 Å². The molecule has 2 aromatic rings. The van der Waals surface area contributed by atoms with Gasteiger partial charge in [0.15, 0.2) is 0 Å². The zero-order valence-corrected chi connectivity index (χ0v) is 15.7. The molecular weight excluding hydrogens is 366 g/mol. The second-order valence-corrected chi connectivity index (χ2v) is 7.77. The van der Waals surface area contributed by atoms with Crippen LogP contribution in [0.25, 0.3) is 0 Å². The summed E-state index contributed by atoms with van der Waals surface area (Å²) in [4.78, 5) is 28.0. The van der Waals surface area contributed by atoms with E-state index in [-0.39, 0.29) is 11.7 Å². The van der Waals surface area contributed by atoms with E-state index in [0.29, 0.717) is 23.8 Å². The van der Waals surface area contributed by atoms with E-state index >= 15 is 0 Å². The quantitative estimate of drug-likeness (QED) is 0.750. The van der Waals surface area contributed by atoms with Crippen molar-refractivity contribution in [3.8, 4) is 0 Å². The molecule has 0 saturated heterocycles. The lowest BCUT2D eigenvalue weighted by Gasteiger charge is -2.14. The molecule has 8 heteroatoms. The van der Waals surface area contributed by atoms with Gasteiger partial charge in [0.25, 0.3) is 5.91 Å². The van der Waals surface area contributed by atoms with Crippen LogP contribution in [0.3, 0.4) is 0 Å². The monoisotopic (exact) mass is 387 g/mol. The van der Waals surface area contributed by atoms with Crippen molar-refractivity contribution in [3.05, 3.63) is 40.4 Å². The van der Waals surface area contributed by atoms with Crippen molar-refractivity contribution in [2.75, 3.05) is 5.32 Å². The normalized spacial score (nSPS) is 20.0. The number of nitrogens with one attached hydrogen (secondary N) is 3. The molecule has 1 aliphatic heterocycles. The molecule has 0 bridgehead atoms. The van der Waals surface area contributed by atoms with Gasteiger partial charge >= 0.3 is 0 Å². The molecule has 1 atom stereocenters. The van der Waals surface area contributed by atoms with Gasteiger partial charge in [0.2, 0.25) is 11.7 Å². The van der Waals surface area contributed by atoms with Crippen LogP contribution >= 0.6 is 11.6 Å². The van der Waals surface area contributed by atoms with E-state index in [2.05, 4.69) is 25.8 Å². The predicted octanol–water partition coefficient (Wildman–Crippen LogP) is 2.87. The van der Waals surface area contributed by atoms with E-state index in [1.165, 1.54) is 25.7 Å². The number of fused-ring (bicyclic) bond motifs is 1. The molecule has 1 aliphatic carbocycles. The number of aryl methyl sites for hydroxylation is 1. The fourth-order valence-electron chi connectivity index (χ4n) is 3.89. The summed E-state index contributed by atoms with van der Waals surface area (Å²) in [5.41, 5.74) is 1.70. The van der Waals surface area contributed by atoms with Crippen LogP contribution in [0.1, 0.15) is 54.1 Å². The molecule has 2 amide bonds. The maximum atomic E-state index is 12.5.